The van der Waals surface area contributed by atoms with E-state index in [1.54, 1.807) is 12.1 Å². The van der Waals surface area contributed by atoms with E-state index in [0.29, 0.717) is 12.1 Å². The molecule has 4 nitrogen and oxygen atoms in total. The SMILES string of the molecule is CC(C)(Cn1cnc2cccc(F)c2c1=O)N1CCCC1. The van der Waals surface area contributed by atoms with Crippen LogP contribution in [0.5, 0.6) is 0 Å². The summed E-state index contributed by atoms with van der Waals surface area (Å²) in [6.07, 6.45) is 3.92. The molecular formula is C16H20FN3O. The minimum atomic E-state index is -0.502. The molecule has 1 aromatic carbocycles. The summed E-state index contributed by atoms with van der Waals surface area (Å²) in [5.41, 5.74) is -0.0263. The van der Waals surface area contributed by atoms with Gasteiger partial charge in [-0.2, -0.15) is 0 Å². The van der Waals surface area contributed by atoms with Gasteiger partial charge in [0, 0.05) is 12.1 Å². The van der Waals surface area contributed by atoms with Gasteiger partial charge in [-0.05, 0) is 51.9 Å². The van der Waals surface area contributed by atoms with E-state index in [9.17, 15) is 9.18 Å². The zero-order valence-corrected chi connectivity index (χ0v) is 12.5. The minimum absolute atomic E-state index is 0.0808. The second-order valence-electron chi connectivity index (χ2n) is 6.32. The molecule has 0 aliphatic carbocycles. The van der Waals surface area contributed by atoms with Gasteiger partial charge in [-0.25, -0.2) is 9.37 Å². The van der Waals surface area contributed by atoms with Gasteiger partial charge in [-0.3, -0.25) is 14.3 Å². The quantitative estimate of drug-likeness (QED) is 0.871. The van der Waals surface area contributed by atoms with Crippen LogP contribution < -0.4 is 5.56 Å². The fourth-order valence-corrected chi connectivity index (χ4v) is 3.11. The molecule has 0 spiro atoms. The number of hydrogen-bond donors (Lipinski definition) is 0. The van der Waals surface area contributed by atoms with Crippen LogP contribution in [0.2, 0.25) is 0 Å². The second-order valence-corrected chi connectivity index (χ2v) is 6.32. The first kappa shape index (κ1) is 14.2. The first-order valence-corrected chi connectivity index (χ1v) is 7.38. The van der Waals surface area contributed by atoms with E-state index in [1.807, 2.05) is 0 Å². The Balaban J connectivity index is 1.99. The average molecular weight is 289 g/mol. The molecule has 0 bridgehead atoms. The highest BCUT2D eigenvalue weighted by Gasteiger charge is 2.29. The molecule has 1 aliphatic rings. The van der Waals surface area contributed by atoms with Crippen LogP contribution in [0.3, 0.4) is 0 Å². The maximum absolute atomic E-state index is 13.9. The van der Waals surface area contributed by atoms with Crippen LogP contribution in [0.25, 0.3) is 10.9 Å². The number of halogens is 1. The summed E-state index contributed by atoms with van der Waals surface area (Å²) in [6, 6.07) is 4.54. The summed E-state index contributed by atoms with van der Waals surface area (Å²) in [5, 5.41) is 0.0808. The normalized spacial score (nSPS) is 16.7. The lowest BCUT2D eigenvalue weighted by molar-refractivity contribution is 0.132. The third-order valence-corrected chi connectivity index (χ3v) is 4.32. The number of likely N-dealkylation sites (tertiary alicyclic amines) is 1. The zero-order chi connectivity index (χ0) is 15.0. The van der Waals surface area contributed by atoms with Gasteiger partial charge >= 0.3 is 0 Å². The van der Waals surface area contributed by atoms with Crippen LogP contribution in [0.15, 0.2) is 29.3 Å². The van der Waals surface area contributed by atoms with Crippen molar-refractivity contribution >= 4 is 10.9 Å². The Morgan fingerprint density at radius 2 is 2.00 bits per heavy atom. The van der Waals surface area contributed by atoms with Crippen molar-refractivity contribution in [1.82, 2.24) is 14.5 Å². The highest BCUT2D eigenvalue weighted by Crippen LogP contribution is 2.22. The third kappa shape index (κ3) is 2.58. The van der Waals surface area contributed by atoms with Crippen molar-refractivity contribution in [2.24, 2.45) is 0 Å². The minimum Gasteiger partial charge on any atom is -0.297 e. The number of rotatable bonds is 3. The van der Waals surface area contributed by atoms with Crippen molar-refractivity contribution in [2.75, 3.05) is 13.1 Å². The molecule has 0 N–H and O–H groups in total. The predicted octanol–water partition coefficient (Wildman–Crippen LogP) is 2.41. The topological polar surface area (TPSA) is 38.1 Å². The Labute approximate surface area is 123 Å². The molecule has 1 aliphatic heterocycles. The number of benzene rings is 1. The maximum atomic E-state index is 13.9. The van der Waals surface area contributed by atoms with Gasteiger partial charge in [-0.1, -0.05) is 6.07 Å². The van der Waals surface area contributed by atoms with Crippen LogP contribution in [0.4, 0.5) is 4.39 Å². The molecule has 1 fully saturated rings. The van der Waals surface area contributed by atoms with Crippen molar-refractivity contribution in [3.05, 3.63) is 40.7 Å². The van der Waals surface area contributed by atoms with Crippen molar-refractivity contribution < 1.29 is 4.39 Å². The fraction of sp³-hybridized carbons (Fsp3) is 0.500. The molecule has 3 rings (SSSR count). The van der Waals surface area contributed by atoms with E-state index in [2.05, 4.69) is 23.7 Å². The van der Waals surface area contributed by atoms with E-state index >= 15 is 0 Å². The molecule has 0 amide bonds. The van der Waals surface area contributed by atoms with Crippen LogP contribution in [0, 0.1) is 5.82 Å². The summed E-state index contributed by atoms with van der Waals surface area (Å²) >= 11 is 0. The second kappa shape index (κ2) is 5.22. The first-order valence-electron chi connectivity index (χ1n) is 7.38. The van der Waals surface area contributed by atoms with Crippen molar-refractivity contribution in [2.45, 2.75) is 38.8 Å². The molecule has 0 saturated carbocycles. The van der Waals surface area contributed by atoms with Crippen LogP contribution in [-0.2, 0) is 6.54 Å². The number of nitrogens with zero attached hydrogens (tertiary/aromatic N) is 3. The summed E-state index contributed by atoms with van der Waals surface area (Å²) in [5.74, 6) is -0.502. The van der Waals surface area contributed by atoms with Crippen molar-refractivity contribution in [3.8, 4) is 0 Å². The van der Waals surface area contributed by atoms with E-state index in [4.69, 9.17) is 0 Å². The highest BCUT2D eigenvalue weighted by molar-refractivity contribution is 5.77. The monoisotopic (exact) mass is 289 g/mol. The van der Waals surface area contributed by atoms with Crippen LogP contribution in [0.1, 0.15) is 26.7 Å². The van der Waals surface area contributed by atoms with Crippen LogP contribution >= 0.6 is 0 Å². The maximum Gasteiger partial charge on any atom is 0.264 e. The Kier molecular flexibility index (Phi) is 3.53. The van der Waals surface area contributed by atoms with E-state index in [1.165, 1.54) is 29.8 Å². The molecule has 2 aromatic rings. The zero-order valence-electron chi connectivity index (χ0n) is 12.5. The Morgan fingerprint density at radius 1 is 1.29 bits per heavy atom. The lowest BCUT2D eigenvalue weighted by Gasteiger charge is -2.35. The molecule has 5 heteroatoms. The molecule has 0 unspecified atom stereocenters. The molecule has 1 saturated heterocycles. The summed E-state index contributed by atoms with van der Waals surface area (Å²) in [4.78, 5) is 19.1. The van der Waals surface area contributed by atoms with Gasteiger partial charge in [0.15, 0.2) is 0 Å². The lowest BCUT2D eigenvalue weighted by Crippen LogP contribution is -2.47. The van der Waals surface area contributed by atoms with Gasteiger partial charge < -0.3 is 0 Å². The summed E-state index contributed by atoms with van der Waals surface area (Å²) in [7, 11) is 0. The molecule has 0 radical (unpaired) electrons. The van der Waals surface area contributed by atoms with Crippen molar-refractivity contribution in [1.29, 1.82) is 0 Å². The van der Waals surface area contributed by atoms with E-state index < -0.39 is 5.82 Å². The largest absolute Gasteiger partial charge is 0.297 e. The van der Waals surface area contributed by atoms with E-state index in [-0.39, 0.29) is 16.5 Å². The van der Waals surface area contributed by atoms with Crippen molar-refractivity contribution in [3.63, 3.8) is 0 Å². The third-order valence-electron chi connectivity index (χ3n) is 4.32. The lowest BCUT2D eigenvalue weighted by atomic mass is 10.0. The predicted molar refractivity (Wildman–Crippen MR) is 80.8 cm³/mol. The first-order chi connectivity index (χ1) is 9.99. The number of aromatic nitrogens is 2. The van der Waals surface area contributed by atoms with E-state index in [0.717, 1.165) is 13.1 Å². The summed E-state index contributed by atoms with van der Waals surface area (Å²) in [6.45, 7) is 6.87. The van der Waals surface area contributed by atoms with Gasteiger partial charge in [-0.15, -0.1) is 0 Å². The fourth-order valence-electron chi connectivity index (χ4n) is 3.11. The molecule has 2 heterocycles. The Hall–Kier alpha value is -1.75. The van der Waals surface area contributed by atoms with Gasteiger partial charge in [0.25, 0.3) is 5.56 Å². The highest BCUT2D eigenvalue weighted by atomic mass is 19.1. The Bertz CT molecular complexity index is 717. The Morgan fingerprint density at radius 3 is 2.71 bits per heavy atom. The van der Waals surface area contributed by atoms with Gasteiger partial charge in [0.1, 0.15) is 11.2 Å². The van der Waals surface area contributed by atoms with Gasteiger partial charge in [0.05, 0.1) is 11.8 Å². The molecule has 21 heavy (non-hydrogen) atoms. The molecule has 1 aromatic heterocycles. The molecular weight excluding hydrogens is 269 g/mol. The van der Waals surface area contributed by atoms with Crippen LogP contribution in [-0.4, -0.2) is 33.1 Å². The number of hydrogen-bond acceptors (Lipinski definition) is 3. The standard InChI is InChI=1S/C16H20FN3O/c1-16(2,20-8-3-4-9-20)10-19-11-18-13-7-5-6-12(17)14(13)15(19)21/h5-7,11H,3-4,8-10H2,1-2H3. The van der Waals surface area contributed by atoms with Gasteiger partial charge in [0.2, 0.25) is 0 Å². The molecule has 0 atom stereocenters. The molecule has 112 valence electrons. The summed E-state index contributed by atoms with van der Waals surface area (Å²) < 4.78 is 15.4. The smallest absolute Gasteiger partial charge is 0.264 e. The number of fused-ring (bicyclic) bond motifs is 1. The average Bonchev–Trinajstić information content (AvgIpc) is 2.97.